The maximum atomic E-state index is 13.2. The number of aromatic nitrogens is 1. The number of amides is 1. The zero-order chi connectivity index (χ0) is 17.4. The molecule has 0 atom stereocenters. The number of halogens is 1. The number of hydrogen-bond donors (Lipinski definition) is 4. The van der Waals surface area contributed by atoms with Crippen molar-refractivity contribution < 1.29 is 9.18 Å². The first kappa shape index (κ1) is 17.8. The molecule has 2 aromatic rings. The maximum Gasteiger partial charge on any atom is 0.239 e. The molecule has 6 nitrogen and oxygen atoms in total. The van der Waals surface area contributed by atoms with Crippen LogP contribution >= 0.6 is 0 Å². The molecule has 0 radical (unpaired) electrons. The van der Waals surface area contributed by atoms with Crippen molar-refractivity contribution in [2.75, 3.05) is 26.7 Å². The predicted octanol–water partition coefficient (Wildman–Crippen LogP) is 1.54. The number of guanidine groups is 1. The molecule has 1 aromatic heterocycles. The van der Waals surface area contributed by atoms with E-state index in [-0.39, 0.29) is 18.3 Å². The fourth-order valence-corrected chi connectivity index (χ4v) is 2.39. The molecule has 0 aliphatic rings. The van der Waals surface area contributed by atoms with Crippen molar-refractivity contribution in [1.29, 1.82) is 0 Å². The molecule has 24 heavy (non-hydrogen) atoms. The highest BCUT2D eigenvalue weighted by Gasteiger charge is 2.06. The van der Waals surface area contributed by atoms with E-state index in [1.165, 1.54) is 12.1 Å². The van der Waals surface area contributed by atoms with E-state index in [0.29, 0.717) is 19.0 Å². The van der Waals surface area contributed by atoms with Crippen molar-refractivity contribution in [1.82, 2.24) is 20.9 Å². The summed E-state index contributed by atoms with van der Waals surface area (Å²) in [6, 6.07) is 4.73. The molecule has 4 N–H and O–H groups in total. The Labute approximate surface area is 140 Å². The van der Waals surface area contributed by atoms with Crippen LogP contribution in [0.1, 0.15) is 18.9 Å². The molecular weight excluding hydrogens is 309 g/mol. The van der Waals surface area contributed by atoms with Gasteiger partial charge in [0.1, 0.15) is 5.82 Å². The van der Waals surface area contributed by atoms with Gasteiger partial charge in [-0.1, -0.05) is 6.92 Å². The number of rotatable bonds is 7. The minimum atomic E-state index is -0.250. The molecule has 1 heterocycles. The number of carbonyl (C=O) groups is 1. The van der Waals surface area contributed by atoms with Gasteiger partial charge in [-0.2, -0.15) is 0 Å². The summed E-state index contributed by atoms with van der Waals surface area (Å²) in [4.78, 5) is 18.7. The average molecular weight is 333 g/mol. The number of fused-ring (bicyclic) bond motifs is 1. The summed E-state index contributed by atoms with van der Waals surface area (Å²) in [5, 5.41) is 9.95. The Balaban J connectivity index is 1.80. The van der Waals surface area contributed by atoms with E-state index < -0.39 is 0 Å². The molecule has 2 rings (SSSR count). The number of H-pyrrole nitrogens is 1. The van der Waals surface area contributed by atoms with Gasteiger partial charge in [-0.25, -0.2) is 4.39 Å². The van der Waals surface area contributed by atoms with E-state index in [9.17, 15) is 9.18 Å². The molecule has 1 amide bonds. The highest BCUT2D eigenvalue weighted by molar-refractivity contribution is 5.86. The third kappa shape index (κ3) is 4.97. The summed E-state index contributed by atoms with van der Waals surface area (Å²) < 4.78 is 13.2. The van der Waals surface area contributed by atoms with E-state index in [1.807, 2.05) is 13.1 Å². The van der Waals surface area contributed by atoms with Gasteiger partial charge >= 0.3 is 0 Å². The molecule has 0 unspecified atom stereocenters. The SMILES string of the molecule is CCCNC(=O)CNC(=NC)NCCc1c[nH]c2cc(F)ccc12. The molecule has 0 spiro atoms. The number of aromatic amines is 1. The van der Waals surface area contributed by atoms with Crippen LogP contribution < -0.4 is 16.0 Å². The minimum absolute atomic E-state index is 0.0570. The first-order chi connectivity index (χ1) is 11.6. The molecule has 1 aromatic carbocycles. The molecule has 0 aliphatic carbocycles. The fraction of sp³-hybridized carbons (Fsp3) is 0.412. The fourth-order valence-electron chi connectivity index (χ4n) is 2.39. The zero-order valence-electron chi connectivity index (χ0n) is 14.1. The van der Waals surface area contributed by atoms with Gasteiger partial charge in [0, 0.05) is 37.2 Å². The lowest BCUT2D eigenvalue weighted by molar-refractivity contribution is -0.120. The summed E-state index contributed by atoms with van der Waals surface area (Å²) in [5.41, 5.74) is 1.90. The van der Waals surface area contributed by atoms with Gasteiger partial charge in [0.2, 0.25) is 5.91 Å². The van der Waals surface area contributed by atoms with Gasteiger partial charge in [-0.15, -0.1) is 0 Å². The predicted molar refractivity (Wildman–Crippen MR) is 94.6 cm³/mol. The first-order valence-corrected chi connectivity index (χ1v) is 8.10. The first-order valence-electron chi connectivity index (χ1n) is 8.10. The van der Waals surface area contributed by atoms with Crippen LogP contribution in [0.3, 0.4) is 0 Å². The van der Waals surface area contributed by atoms with E-state index in [1.54, 1.807) is 13.1 Å². The van der Waals surface area contributed by atoms with Gasteiger partial charge in [-0.3, -0.25) is 9.79 Å². The van der Waals surface area contributed by atoms with Gasteiger partial charge < -0.3 is 20.9 Å². The quantitative estimate of drug-likeness (QED) is 0.458. The summed E-state index contributed by atoms with van der Waals surface area (Å²) in [5.74, 6) is 0.269. The maximum absolute atomic E-state index is 13.2. The monoisotopic (exact) mass is 333 g/mol. The van der Waals surface area contributed by atoms with Crippen LogP contribution in [0.25, 0.3) is 10.9 Å². The molecule has 0 aliphatic heterocycles. The second-order valence-corrected chi connectivity index (χ2v) is 5.46. The summed E-state index contributed by atoms with van der Waals surface area (Å²) in [7, 11) is 1.66. The Morgan fingerprint density at radius 2 is 2.08 bits per heavy atom. The van der Waals surface area contributed by atoms with E-state index in [0.717, 1.165) is 29.3 Å². The van der Waals surface area contributed by atoms with Gasteiger partial charge in [0.15, 0.2) is 5.96 Å². The van der Waals surface area contributed by atoms with Crippen LogP contribution in [0.5, 0.6) is 0 Å². The Hall–Kier alpha value is -2.57. The van der Waals surface area contributed by atoms with E-state index >= 15 is 0 Å². The Morgan fingerprint density at radius 3 is 2.83 bits per heavy atom. The van der Waals surface area contributed by atoms with Crippen molar-refractivity contribution in [2.45, 2.75) is 19.8 Å². The van der Waals surface area contributed by atoms with Gasteiger partial charge in [-0.05, 0) is 36.6 Å². The van der Waals surface area contributed by atoms with Crippen molar-refractivity contribution in [3.05, 3.63) is 35.8 Å². The van der Waals surface area contributed by atoms with Crippen LogP contribution in [0.15, 0.2) is 29.4 Å². The Morgan fingerprint density at radius 1 is 1.25 bits per heavy atom. The molecule has 130 valence electrons. The largest absolute Gasteiger partial charge is 0.361 e. The third-order valence-electron chi connectivity index (χ3n) is 3.63. The van der Waals surface area contributed by atoms with Gasteiger partial charge in [0.05, 0.1) is 6.54 Å². The highest BCUT2D eigenvalue weighted by Crippen LogP contribution is 2.19. The number of nitrogens with one attached hydrogen (secondary N) is 4. The van der Waals surface area contributed by atoms with Crippen molar-refractivity contribution in [3.63, 3.8) is 0 Å². The van der Waals surface area contributed by atoms with E-state index in [2.05, 4.69) is 25.9 Å². The Kier molecular flexibility index (Phi) is 6.60. The summed E-state index contributed by atoms with van der Waals surface area (Å²) >= 11 is 0. The molecule has 0 saturated carbocycles. The van der Waals surface area contributed by atoms with Gasteiger partial charge in [0.25, 0.3) is 0 Å². The lowest BCUT2D eigenvalue weighted by Crippen LogP contribution is -2.43. The van der Waals surface area contributed by atoms with Crippen LogP contribution in [-0.2, 0) is 11.2 Å². The topological polar surface area (TPSA) is 81.3 Å². The number of aliphatic imine (C=N–C) groups is 1. The number of nitrogens with zero attached hydrogens (tertiary/aromatic N) is 1. The zero-order valence-corrected chi connectivity index (χ0v) is 14.1. The third-order valence-corrected chi connectivity index (χ3v) is 3.63. The average Bonchev–Trinajstić information content (AvgIpc) is 2.98. The highest BCUT2D eigenvalue weighted by atomic mass is 19.1. The number of benzene rings is 1. The smallest absolute Gasteiger partial charge is 0.239 e. The lowest BCUT2D eigenvalue weighted by Gasteiger charge is -2.11. The Bertz CT molecular complexity index is 710. The van der Waals surface area contributed by atoms with Crippen LogP contribution in [0.4, 0.5) is 4.39 Å². The second-order valence-electron chi connectivity index (χ2n) is 5.46. The van der Waals surface area contributed by atoms with Crippen molar-refractivity contribution >= 4 is 22.8 Å². The standard InChI is InChI=1S/C17H24FN5O/c1-3-7-20-16(24)11-23-17(19-2)21-8-6-12-10-22-15-9-13(18)4-5-14(12)15/h4-5,9-10,22H,3,6-8,11H2,1-2H3,(H,20,24)(H2,19,21,23). The molecule has 0 bridgehead atoms. The lowest BCUT2D eigenvalue weighted by atomic mass is 10.1. The second kappa shape index (κ2) is 8.90. The van der Waals surface area contributed by atoms with Crippen molar-refractivity contribution in [2.24, 2.45) is 4.99 Å². The molecule has 7 heteroatoms. The summed E-state index contributed by atoms with van der Waals surface area (Å²) in [6.45, 7) is 3.52. The number of carbonyl (C=O) groups excluding carboxylic acids is 1. The minimum Gasteiger partial charge on any atom is -0.361 e. The van der Waals surface area contributed by atoms with Crippen LogP contribution in [-0.4, -0.2) is 43.5 Å². The van der Waals surface area contributed by atoms with Crippen molar-refractivity contribution in [3.8, 4) is 0 Å². The molecule has 0 fully saturated rings. The van der Waals surface area contributed by atoms with Crippen LogP contribution in [0.2, 0.25) is 0 Å². The van der Waals surface area contributed by atoms with Crippen LogP contribution in [0, 0.1) is 5.82 Å². The normalized spacial score (nSPS) is 11.5. The molecular formula is C17H24FN5O. The van der Waals surface area contributed by atoms with E-state index in [4.69, 9.17) is 0 Å². The summed E-state index contributed by atoms with van der Waals surface area (Å²) in [6.07, 6.45) is 3.56. The number of hydrogen-bond acceptors (Lipinski definition) is 2. The molecule has 0 saturated heterocycles.